The molecule has 3 aromatic rings. The van der Waals surface area contributed by atoms with Crippen LogP contribution >= 0.6 is 11.6 Å². The molecule has 0 fully saturated rings. The number of halogens is 1. The lowest BCUT2D eigenvalue weighted by Crippen LogP contribution is -2.31. The van der Waals surface area contributed by atoms with Gasteiger partial charge in [0.05, 0.1) is 12.0 Å². The van der Waals surface area contributed by atoms with E-state index >= 15 is 0 Å². The lowest BCUT2D eigenvalue weighted by molar-refractivity contribution is -0.135. The van der Waals surface area contributed by atoms with Crippen LogP contribution in [0.4, 0.5) is 0 Å². The number of ether oxygens (including phenoxy) is 1. The van der Waals surface area contributed by atoms with E-state index in [0.717, 1.165) is 16.8 Å². The highest BCUT2D eigenvalue weighted by atomic mass is 35.5. The topological polar surface area (TPSA) is 55.0 Å². The third kappa shape index (κ3) is 3.94. The van der Waals surface area contributed by atoms with Crippen molar-refractivity contribution in [3.8, 4) is 5.75 Å². The summed E-state index contributed by atoms with van der Waals surface area (Å²) in [5, 5.41) is 6.69. The van der Waals surface area contributed by atoms with Crippen LogP contribution < -0.4 is 4.74 Å². The van der Waals surface area contributed by atoms with Crippen LogP contribution in [0.5, 0.6) is 5.75 Å². The Kier molecular flexibility index (Phi) is 5.17. The fourth-order valence-corrected chi connectivity index (χ4v) is 3.30. The van der Waals surface area contributed by atoms with Crippen molar-refractivity contribution in [2.75, 3.05) is 6.61 Å². The number of hydrogen-bond acceptors (Lipinski definition) is 4. The summed E-state index contributed by atoms with van der Waals surface area (Å²) in [4.78, 5) is 12.9. The van der Waals surface area contributed by atoms with Crippen molar-refractivity contribution >= 4 is 23.2 Å². The van der Waals surface area contributed by atoms with Gasteiger partial charge in [-0.1, -0.05) is 35.9 Å². The van der Waals surface area contributed by atoms with Gasteiger partial charge < -0.3 is 9.15 Å². The van der Waals surface area contributed by atoms with Gasteiger partial charge in [0.2, 0.25) is 0 Å². The van der Waals surface area contributed by atoms with Crippen LogP contribution in [0.3, 0.4) is 0 Å². The monoisotopic (exact) mass is 394 g/mol. The first-order chi connectivity index (χ1) is 13.6. The Balaban J connectivity index is 1.55. The van der Waals surface area contributed by atoms with Crippen molar-refractivity contribution in [3.63, 3.8) is 0 Å². The van der Waals surface area contributed by atoms with Gasteiger partial charge in [0.15, 0.2) is 6.61 Å². The molecule has 0 N–H and O–H groups in total. The van der Waals surface area contributed by atoms with Crippen LogP contribution in [-0.4, -0.2) is 23.2 Å². The SMILES string of the molecule is Cc1cccc(OCC(=O)N2N=C(c3ccc(Cl)cc3)C[C@H]2c2ccco2)c1. The number of carbonyl (C=O) groups excluding carboxylic acids is 1. The zero-order valence-electron chi connectivity index (χ0n) is 15.3. The number of nitrogens with zero attached hydrogens (tertiary/aromatic N) is 2. The second-order valence-corrected chi connectivity index (χ2v) is 7.07. The largest absolute Gasteiger partial charge is 0.484 e. The molecule has 5 nitrogen and oxygen atoms in total. The Morgan fingerprint density at radius 1 is 1.21 bits per heavy atom. The molecular formula is C22H19ClN2O3. The van der Waals surface area contributed by atoms with E-state index < -0.39 is 0 Å². The summed E-state index contributed by atoms with van der Waals surface area (Å²) in [5.41, 5.74) is 2.81. The third-order valence-corrected chi connectivity index (χ3v) is 4.82. The maximum atomic E-state index is 12.9. The summed E-state index contributed by atoms with van der Waals surface area (Å²) >= 11 is 5.98. The van der Waals surface area contributed by atoms with Crippen LogP contribution in [0.25, 0.3) is 0 Å². The molecule has 1 aliphatic heterocycles. The van der Waals surface area contributed by atoms with Crippen molar-refractivity contribution in [3.05, 3.63) is 88.8 Å². The molecule has 0 spiro atoms. The van der Waals surface area contributed by atoms with E-state index in [2.05, 4.69) is 5.10 Å². The van der Waals surface area contributed by atoms with Crippen LogP contribution in [0.1, 0.15) is 29.3 Å². The van der Waals surface area contributed by atoms with E-state index in [0.29, 0.717) is 23.0 Å². The molecular weight excluding hydrogens is 376 g/mol. The summed E-state index contributed by atoms with van der Waals surface area (Å²) in [6.07, 6.45) is 2.16. The first-order valence-electron chi connectivity index (χ1n) is 8.98. The maximum Gasteiger partial charge on any atom is 0.281 e. The Labute approximate surface area is 168 Å². The van der Waals surface area contributed by atoms with Gasteiger partial charge in [0, 0.05) is 11.4 Å². The van der Waals surface area contributed by atoms with Gasteiger partial charge >= 0.3 is 0 Å². The van der Waals surface area contributed by atoms with E-state index in [-0.39, 0.29) is 18.6 Å². The fraction of sp³-hybridized carbons (Fsp3) is 0.182. The summed E-state index contributed by atoms with van der Waals surface area (Å²) in [6, 6.07) is 18.4. The first kappa shape index (κ1) is 18.3. The van der Waals surface area contributed by atoms with Crippen LogP contribution in [0.2, 0.25) is 5.02 Å². The molecule has 1 atom stereocenters. The number of hydrazone groups is 1. The predicted molar refractivity (Wildman–Crippen MR) is 108 cm³/mol. The van der Waals surface area contributed by atoms with Gasteiger partial charge in [-0.2, -0.15) is 5.10 Å². The van der Waals surface area contributed by atoms with Crippen molar-refractivity contribution in [1.82, 2.24) is 5.01 Å². The Hall–Kier alpha value is -3.05. The standard InChI is InChI=1S/C22H19ClN2O3/c1-15-4-2-5-18(12-15)28-14-22(26)25-20(21-6-3-11-27-21)13-19(24-25)16-7-9-17(23)10-8-16/h2-12,20H,13-14H2,1H3/t20-/m0/s1. The highest BCUT2D eigenvalue weighted by molar-refractivity contribution is 6.30. The molecule has 0 radical (unpaired) electrons. The molecule has 0 saturated carbocycles. The van der Waals surface area contributed by atoms with Crippen LogP contribution in [0.15, 0.2) is 76.4 Å². The predicted octanol–water partition coefficient (Wildman–Crippen LogP) is 5.00. The second kappa shape index (κ2) is 7.90. The fourth-order valence-electron chi connectivity index (χ4n) is 3.18. The number of amides is 1. The molecule has 6 heteroatoms. The molecule has 2 aromatic carbocycles. The molecule has 0 aliphatic carbocycles. The zero-order valence-corrected chi connectivity index (χ0v) is 16.1. The number of hydrogen-bond donors (Lipinski definition) is 0. The molecule has 142 valence electrons. The van der Waals surface area contributed by atoms with E-state index in [1.54, 1.807) is 6.26 Å². The van der Waals surface area contributed by atoms with Crippen molar-refractivity contribution in [1.29, 1.82) is 0 Å². The Morgan fingerprint density at radius 2 is 2.04 bits per heavy atom. The Morgan fingerprint density at radius 3 is 2.75 bits per heavy atom. The molecule has 1 aliphatic rings. The van der Waals surface area contributed by atoms with Gasteiger partial charge in [0.25, 0.3) is 5.91 Å². The summed E-state index contributed by atoms with van der Waals surface area (Å²) in [7, 11) is 0. The molecule has 4 rings (SSSR count). The van der Waals surface area contributed by atoms with E-state index in [4.69, 9.17) is 20.8 Å². The minimum absolute atomic E-state index is 0.0991. The highest BCUT2D eigenvalue weighted by Gasteiger charge is 2.35. The molecule has 1 aromatic heterocycles. The highest BCUT2D eigenvalue weighted by Crippen LogP contribution is 2.33. The second-order valence-electron chi connectivity index (χ2n) is 6.63. The first-order valence-corrected chi connectivity index (χ1v) is 9.36. The molecule has 1 amide bonds. The third-order valence-electron chi connectivity index (χ3n) is 4.57. The summed E-state index contributed by atoms with van der Waals surface area (Å²) in [6.45, 7) is 1.88. The van der Waals surface area contributed by atoms with E-state index in [9.17, 15) is 4.79 Å². The minimum Gasteiger partial charge on any atom is -0.484 e. The van der Waals surface area contributed by atoms with Crippen molar-refractivity contribution < 1.29 is 13.9 Å². The number of aryl methyl sites for hydroxylation is 1. The lowest BCUT2D eigenvalue weighted by atomic mass is 10.0. The summed E-state index contributed by atoms with van der Waals surface area (Å²) < 4.78 is 11.2. The van der Waals surface area contributed by atoms with E-state index in [1.807, 2.05) is 67.6 Å². The van der Waals surface area contributed by atoms with Crippen LogP contribution in [-0.2, 0) is 4.79 Å². The normalized spacial score (nSPS) is 16.1. The number of benzene rings is 2. The maximum absolute atomic E-state index is 12.9. The van der Waals surface area contributed by atoms with Gasteiger partial charge in [-0.25, -0.2) is 5.01 Å². The quantitative estimate of drug-likeness (QED) is 0.612. The minimum atomic E-state index is -0.297. The number of furan rings is 1. The van der Waals surface area contributed by atoms with E-state index in [1.165, 1.54) is 5.01 Å². The average molecular weight is 395 g/mol. The Bertz CT molecular complexity index is 997. The molecule has 0 saturated heterocycles. The van der Waals surface area contributed by atoms with Gasteiger partial charge in [-0.05, 0) is 54.4 Å². The molecule has 0 unspecified atom stereocenters. The van der Waals surface area contributed by atoms with Crippen LogP contribution in [0, 0.1) is 6.92 Å². The van der Waals surface area contributed by atoms with Crippen molar-refractivity contribution in [2.45, 2.75) is 19.4 Å². The lowest BCUT2D eigenvalue weighted by Gasteiger charge is -2.20. The number of rotatable bonds is 5. The molecule has 0 bridgehead atoms. The van der Waals surface area contributed by atoms with Gasteiger partial charge in [0.1, 0.15) is 17.6 Å². The average Bonchev–Trinajstić information content (AvgIpc) is 3.36. The molecule has 28 heavy (non-hydrogen) atoms. The zero-order chi connectivity index (χ0) is 19.5. The van der Waals surface area contributed by atoms with Gasteiger partial charge in [-0.3, -0.25) is 4.79 Å². The summed E-state index contributed by atoms with van der Waals surface area (Å²) in [5.74, 6) is 1.12. The number of carbonyl (C=O) groups is 1. The van der Waals surface area contributed by atoms with Crippen molar-refractivity contribution in [2.24, 2.45) is 5.10 Å². The molecule has 2 heterocycles. The van der Waals surface area contributed by atoms with Gasteiger partial charge in [-0.15, -0.1) is 0 Å². The smallest absolute Gasteiger partial charge is 0.281 e.